The average Bonchev–Trinajstić information content (AvgIpc) is 3.17. The van der Waals surface area contributed by atoms with Crippen molar-refractivity contribution in [2.24, 2.45) is 0 Å². The van der Waals surface area contributed by atoms with E-state index in [4.69, 9.17) is 9.15 Å². The van der Waals surface area contributed by atoms with Crippen molar-refractivity contribution in [2.45, 2.75) is 19.9 Å². The number of carbonyl (C=O) groups is 1. The molecule has 0 aliphatic carbocycles. The first-order valence-electron chi connectivity index (χ1n) is 10.2. The Balaban J connectivity index is 1.38. The highest BCUT2D eigenvalue weighted by atomic mass is 16.5. The molecule has 1 amide bonds. The standard InChI is InChI=1S/C22H26N4O4/c1-16-7-9-26(11-10-25-12-14-29-15-13-25)22(28)20(16)21(27)23-8-6-19-24-17-4-2-3-5-18(17)30-19/h2-5,7,9H,6,8,10-15H2,1H3,(H,23,27). The molecule has 1 aliphatic heterocycles. The van der Waals surface area contributed by atoms with Gasteiger partial charge in [-0.15, -0.1) is 0 Å². The second kappa shape index (κ2) is 9.23. The predicted molar refractivity (Wildman–Crippen MR) is 113 cm³/mol. The molecule has 0 radical (unpaired) electrons. The number of aryl methyl sites for hydroxylation is 1. The lowest BCUT2D eigenvalue weighted by molar-refractivity contribution is 0.0362. The first-order chi connectivity index (χ1) is 14.6. The van der Waals surface area contributed by atoms with E-state index in [1.807, 2.05) is 30.3 Å². The van der Waals surface area contributed by atoms with Crippen molar-refractivity contribution in [3.8, 4) is 0 Å². The number of aromatic nitrogens is 2. The van der Waals surface area contributed by atoms with Crippen molar-refractivity contribution in [2.75, 3.05) is 39.4 Å². The summed E-state index contributed by atoms with van der Waals surface area (Å²) in [7, 11) is 0. The van der Waals surface area contributed by atoms with Gasteiger partial charge in [0.1, 0.15) is 11.1 Å². The number of nitrogens with zero attached hydrogens (tertiary/aromatic N) is 3. The summed E-state index contributed by atoms with van der Waals surface area (Å²) in [6, 6.07) is 9.35. The summed E-state index contributed by atoms with van der Waals surface area (Å²) in [5, 5.41) is 2.83. The molecular formula is C22H26N4O4. The summed E-state index contributed by atoms with van der Waals surface area (Å²) in [6.07, 6.45) is 2.21. The Morgan fingerprint density at radius 3 is 2.77 bits per heavy atom. The van der Waals surface area contributed by atoms with Gasteiger partial charge in [-0.2, -0.15) is 0 Å². The minimum Gasteiger partial charge on any atom is -0.441 e. The molecule has 30 heavy (non-hydrogen) atoms. The van der Waals surface area contributed by atoms with E-state index < -0.39 is 0 Å². The van der Waals surface area contributed by atoms with Crippen LogP contribution in [-0.4, -0.2) is 59.8 Å². The van der Waals surface area contributed by atoms with Crippen molar-refractivity contribution >= 4 is 17.0 Å². The molecule has 1 N–H and O–H groups in total. The highest BCUT2D eigenvalue weighted by molar-refractivity contribution is 5.95. The highest BCUT2D eigenvalue weighted by Crippen LogP contribution is 2.14. The van der Waals surface area contributed by atoms with E-state index >= 15 is 0 Å². The number of morpholine rings is 1. The van der Waals surface area contributed by atoms with Crippen molar-refractivity contribution < 1.29 is 13.9 Å². The van der Waals surface area contributed by atoms with Gasteiger partial charge in [0.15, 0.2) is 11.5 Å². The van der Waals surface area contributed by atoms with Gasteiger partial charge >= 0.3 is 0 Å². The summed E-state index contributed by atoms with van der Waals surface area (Å²) < 4.78 is 12.6. The molecule has 4 rings (SSSR count). The number of nitrogens with one attached hydrogen (secondary N) is 1. The molecule has 1 fully saturated rings. The van der Waals surface area contributed by atoms with E-state index in [1.54, 1.807) is 17.7 Å². The van der Waals surface area contributed by atoms with Crippen LogP contribution in [0.1, 0.15) is 21.8 Å². The zero-order chi connectivity index (χ0) is 20.9. The molecule has 1 aliphatic rings. The monoisotopic (exact) mass is 410 g/mol. The normalized spacial score (nSPS) is 14.8. The van der Waals surface area contributed by atoms with Crippen LogP contribution in [0.5, 0.6) is 0 Å². The summed E-state index contributed by atoms with van der Waals surface area (Å²) in [5.74, 6) is 0.193. The number of ether oxygens (including phenoxy) is 1. The number of rotatable bonds is 7. The first-order valence-corrected chi connectivity index (χ1v) is 10.2. The number of hydrogen-bond donors (Lipinski definition) is 1. The maximum atomic E-state index is 12.9. The molecule has 3 heterocycles. The van der Waals surface area contributed by atoms with E-state index in [1.165, 1.54) is 0 Å². The largest absolute Gasteiger partial charge is 0.441 e. The fourth-order valence-corrected chi connectivity index (χ4v) is 3.59. The molecule has 3 aromatic rings. The minimum atomic E-state index is -0.366. The van der Waals surface area contributed by atoms with Gasteiger partial charge in [-0.3, -0.25) is 14.5 Å². The topological polar surface area (TPSA) is 89.6 Å². The van der Waals surface area contributed by atoms with E-state index in [0.29, 0.717) is 31.0 Å². The van der Waals surface area contributed by atoms with Crippen LogP contribution in [0.2, 0.25) is 0 Å². The van der Waals surface area contributed by atoms with Crippen molar-refractivity contribution in [1.29, 1.82) is 0 Å². The first kappa shape index (κ1) is 20.3. The molecular weight excluding hydrogens is 384 g/mol. The van der Waals surface area contributed by atoms with Gasteiger partial charge in [0.25, 0.3) is 11.5 Å². The number of fused-ring (bicyclic) bond motifs is 1. The fraction of sp³-hybridized carbons (Fsp3) is 0.409. The van der Waals surface area contributed by atoms with Crippen LogP contribution in [0.4, 0.5) is 0 Å². The Labute approximate surface area is 174 Å². The molecule has 8 nitrogen and oxygen atoms in total. The smallest absolute Gasteiger partial charge is 0.263 e. The lowest BCUT2D eigenvalue weighted by Gasteiger charge is -2.26. The third kappa shape index (κ3) is 4.60. The van der Waals surface area contributed by atoms with Crippen LogP contribution in [0.3, 0.4) is 0 Å². The number of pyridine rings is 1. The van der Waals surface area contributed by atoms with E-state index in [0.717, 1.165) is 43.9 Å². The molecule has 0 unspecified atom stereocenters. The number of benzene rings is 1. The third-order valence-electron chi connectivity index (χ3n) is 5.32. The predicted octanol–water partition coefficient (Wildman–Crippen LogP) is 1.60. The Morgan fingerprint density at radius 1 is 1.17 bits per heavy atom. The summed E-state index contributed by atoms with van der Waals surface area (Å²) in [5.41, 5.74) is 2.11. The zero-order valence-electron chi connectivity index (χ0n) is 17.1. The van der Waals surface area contributed by atoms with Crippen molar-refractivity contribution in [3.05, 3.63) is 63.9 Å². The van der Waals surface area contributed by atoms with Gasteiger partial charge in [0.05, 0.1) is 13.2 Å². The zero-order valence-corrected chi connectivity index (χ0v) is 17.1. The SMILES string of the molecule is Cc1ccn(CCN2CCOCC2)c(=O)c1C(=O)NCCc1nc2ccccc2o1. The number of amides is 1. The Kier molecular flexibility index (Phi) is 6.25. The highest BCUT2D eigenvalue weighted by Gasteiger charge is 2.17. The van der Waals surface area contributed by atoms with Crippen LogP contribution in [0.25, 0.3) is 11.1 Å². The number of para-hydroxylation sites is 2. The minimum absolute atomic E-state index is 0.192. The van der Waals surface area contributed by atoms with E-state index in [9.17, 15) is 9.59 Å². The number of carbonyl (C=O) groups excluding carboxylic acids is 1. The van der Waals surface area contributed by atoms with Crippen LogP contribution < -0.4 is 10.9 Å². The molecule has 2 aromatic heterocycles. The maximum Gasteiger partial charge on any atom is 0.263 e. The third-order valence-corrected chi connectivity index (χ3v) is 5.32. The fourth-order valence-electron chi connectivity index (χ4n) is 3.59. The molecule has 0 spiro atoms. The molecule has 0 atom stereocenters. The lowest BCUT2D eigenvalue weighted by Crippen LogP contribution is -2.40. The van der Waals surface area contributed by atoms with Gasteiger partial charge in [0, 0.05) is 45.3 Å². The van der Waals surface area contributed by atoms with Crippen LogP contribution in [-0.2, 0) is 17.7 Å². The quantitative estimate of drug-likeness (QED) is 0.636. The molecule has 158 valence electrons. The molecule has 0 bridgehead atoms. The molecule has 1 aromatic carbocycles. The summed E-state index contributed by atoms with van der Waals surface area (Å²) in [4.78, 5) is 32.2. The Bertz CT molecular complexity index is 1050. The van der Waals surface area contributed by atoms with Crippen LogP contribution in [0, 0.1) is 6.92 Å². The second-order valence-corrected chi connectivity index (χ2v) is 7.41. The van der Waals surface area contributed by atoms with Crippen LogP contribution >= 0.6 is 0 Å². The van der Waals surface area contributed by atoms with Gasteiger partial charge in [-0.05, 0) is 30.7 Å². The Hall–Kier alpha value is -2.97. The van der Waals surface area contributed by atoms with Crippen molar-refractivity contribution in [1.82, 2.24) is 19.8 Å². The molecule has 0 saturated carbocycles. The number of oxazole rings is 1. The second-order valence-electron chi connectivity index (χ2n) is 7.41. The van der Waals surface area contributed by atoms with Gasteiger partial charge < -0.3 is 19.0 Å². The molecule has 1 saturated heterocycles. The van der Waals surface area contributed by atoms with Crippen LogP contribution in [0.15, 0.2) is 45.7 Å². The average molecular weight is 410 g/mol. The van der Waals surface area contributed by atoms with Gasteiger partial charge in [-0.1, -0.05) is 12.1 Å². The lowest BCUT2D eigenvalue weighted by atomic mass is 10.1. The van der Waals surface area contributed by atoms with E-state index in [-0.39, 0.29) is 17.0 Å². The number of hydrogen-bond acceptors (Lipinski definition) is 6. The molecule has 8 heteroatoms. The van der Waals surface area contributed by atoms with Gasteiger partial charge in [0.2, 0.25) is 0 Å². The maximum absolute atomic E-state index is 12.9. The Morgan fingerprint density at radius 2 is 1.97 bits per heavy atom. The van der Waals surface area contributed by atoms with Gasteiger partial charge in [-0.25, -0.2) is 4.98 Å². The summed E-state index contributed by atoms with van der Waals surface area (Å²) in [6.45, 7) is 6.59. The van der Waals surface area contributed by atoms with Crippen molar-refractivity contribution in [3.63, 3.8) is 0 Å². The summed E-state index contributed by atoms with van der Waals surface area (Å²) >= 11 is 0. The van der Waals surface area contributed by atoms with E-state index in [2.05, 4.69) is 15.2 Å².